The van der Waals surface area contributed by atoms with Crippen LogP contribution in [0.1, 0.15) is 123 Å². The van der Waals surface area contributed by atoms with Crippen LogP contribution in [0, 0.1) is 0 Å². The number of hydrogen-bond acceptors (Lipinski definition) is 3. The van der Waals surface area contributed by atoms with Gasteiger partial charge < -0.3 is 5.32 Å². The van der Waals surface area contributed by atoms with Crippen molar-refractivity contribution in [3.63, 3.8) is 0 Å². The molecule has 0 bridgehead atoms. The Labute approximate surface area is 197 Å². The molecule has 0 saturated carbocycles. The average molecular weight is 442 g/mol. The van der Waals surface area contributed by atoms with Gasteiger partial charge in [0, 0.05) is 17.9 Å². The summed E-state index contributed by atoms with van der Waals surface area (Å²) in [6.07, 6.45) is 22.8. The molecule has 0 aliphatic carbocycles. The highest BCUT2D eigenvalue weighted by molar-refractivity contribution is 6.12. The number of benzene rings is 1. The fourth-order valence-electron chi connectivity index (χ4n) is 4.41. The molecule has 1 amide bonds. The molecule has 0 aromatic heterocycles. The molecular weight excluding hydrogens is 394 g/mol. The fourth-order valence-corrected chi connectivity index (χ4v) is 4.41. The van der Waals surface area contributed by atoms with Crippen LogP contribution < -0.4 is 10.3 Å². The van der Waals surface area contributed by atoms with Gasteiger partial charge in [0.15, 0.2) is 0 Å². The molecule has 1 N–H and O–H groups in total. The van der Waals surface area contributed by atoms with E-state index in [1.165, 1.54) is 108 Å². The van der Waals surface area contributed by atoms with Crippen molar-refractivity contribution in [2.45, 2.75) is 123 Å². The number of carbonyl (C=O) groups is 1. The van der Waals surface area contributed by atoms with Crippen LogP contribution in [0.4, 0.5) is 11.4 Å². The minimum absolute atomic E-state index is 0.0532. The minimum Gasteiger partial charge on any atom is -0.385 e. The van der Waals surface area contributed by atoms with Crippen LogP contribution in [0.15, 0.2) is 29.4 Å². The van der Waals surface area contributed by atoms with Gasteiger partial charge in [-0.3, -0.25) is 4.79 Å². The van der Waals surface area contributed by atoms with Gasteiger partial charge in [-0.25, -0.2) is 5.01 Å². The van der Waals surface area contributed by atoms with E-state index in [1.807, 2.05) is 25.1 Å². The highest BCUT2D eigenvalue weighted by Crippen LogP contribution is 2.24. The first-order valence-corrected chi connectivity index (χ1v) is 13.4. The SMILES string of the molecule is CCCCCCCCCCCCCCCCCCNc1cccc(N2N=C(C)CC2=O)c1. The molecule has 0 saturated heterocycles. The van der Waals surface area contributed by atoms with Gasteiger partial charge in [0.25, 0.3) is 5.91 Å². The Morgan fingerprint density at radius 3 is 1.84 bits per heavy atom. The average Bonchev–Trinajstić information content (AvgIpc) is 3.14. The highest BCUT2D eigenvalue weighted by atomic mass is 16.2. The predicted molar refractivity (Wildman–Crippen MR) is 140 cm³/mol. The van der Waals surface area contributed by atoms with Crippen molar-refractivity contribution in [2.24, 2.45) is 5.10 Å². The Balaban J connectivity index is 1.39. The number of rotatable bonds is 19. The van der Waals surface area contributed by atoms with Gasteiger partial charge in [0.05, 0.1) is 12.1 Å². The van der Waals surface area contributed by atoms with E-state index in [9.17, 15) is 4.79 Å². The number of carbonyl (C=O) groups excluding carboxylic acids is 1. The van der Waals surface area contributed by atoms with Crippen molar-refractivity contribution in [1.29, 1.82) is 0 Å². The van der Waals surface area contributed by atoms with Gasteiger partial charge >= 0.3 is 0 Å². The summed E-state index contributed by atoms with van der Waals surface area (Å²) in [7, 11) is 0. The maximum absolute atomic E-state index is 12.0. The molecule has 0 spiro atoms. The van der Waals surface area contributed by atoms with E-state index in [0.29, 0.717) is 6.42 Å². The summed E-state index contributed by atoms with van der Waals surface area (Å²) in [5, 5.41) is 9.36. The molecule has 0 atom stereocenters. The van der Waals surface area contributed by atoms with Gasteiger partial charge in [-0.15, -0.1) is 0 Å². The molecule has 4 nitrogen and oxygen atoms in total. The lowest BCUT2D eigenvalue weighted by Gasteiger charge is -2.14. The number of unbranched alkanes of at least 4 members (excludes halogenated alkanes) is 15. The standard InChI is InChI=1S/C28H47N3O/c1-3-4-5-6-7-8-9-10-11-12-13-14-15-16-17-18-22-29-26-20-19-21-27(24-26)31-28(32)23-25(2)30-31/h19-21,24,29H,3-18,22-23H2,1-2H3. The van der Waals surface area contributed by atoms with Crippen molar-refractivity contribution in [2.75, 3.05) is 16.9 Å². The van der Waals surface area contributed by atoms with E-state index in [1.54, 1.807) is 0 Å². The predicted octanol–water partition coefficient (Wildman–Crippen LogP) is 8.47. The zero-order chi connectivity index (χ0) is 22.9. The third-order valence-corrected chi connectivity index (χ3v) is 6.36. The first-order valence-electron chi connectivity index (χ1n) is 13.4. The van der Waals surface area contributed by atoms with Crippen molar-refractivity contribution in [3.05, 3.63) is 24.3 Å². The molecule has 1 aromatic carbocycles. The quantitative estimate of drug-likeness (QED) is 0.219. The summed E-state index contributed by atoms with van der Waals surface area (Å²) < 4.78 is 0. The Hall–Kier alpha value is -1.84. The highest BCUT2D eigenvalue weighted by Gasteiger charge is 2.22. The molecule has 1 aliphatic heterocycles. The number of nitrogens with one attached hydrogen (secondary N) is 1. The lowest BCUT2D eigenvalue weighted by Crippen LogP contribution is -2.19. The van der Waals surface area contributed by atoms with Gasteiger partial charge in [-0.2, -0.15) is 5.10 Å². The lowest BCUT2D eigenvalue weighted by molar-refractivity contribution is -0.116. The van der Waals surface area contributed by atoms with Gasteiger partial charge in [0.2, 0.25) is 0 Å². The largest absolute Gasteiger partial charge is 0.385 e. The van der Waals surface area contributed by atoms with Crippen molar-refractivity contribution in [3.8, 4) is 0 Å². The van der Waals surface area contributed by atoms with E-state index >= 15 is 0 Å². The third-order valence-electron chi connectivity index (χ3n) is 6.36. The summed E-state index contributed by atoms with van der Waals surface area (Å²) in [5.74, 6) is 0.0532. The van der Waals surface area contributed by atoms with Crippen molar-refractivity contribution < 1.29 is 4.79 Å². The molecule has 32 heavy (non-hydrogen) atoms. The number of hydrogen-bond donors (Lipinski definition) is 1. The number of hydrazone groups is 1. The van der Waals surface area contributed by atoms with Crippen molar-refractivity contribution in [1.82, 2.24) is 0 Å². The molecule has 4 heteroatoms. The minimum atomic E-state index is 0.0532. The molecular formula is C28H47N3O. The molecule has 180 valence electrons. The molecule has 0 fully saturated rings. The van der Waals surface area contributed by atoms with E-state index < -0.39 is 0 Å². The van der Waals surface area contributed by atoms with E-state index in [-0.39, 0.29) is 5.91 Å². The summed E-state index contributed by atoms with van der Waals surface area (Å²) in [6, 6.07) is 8.01. The van der Waals surface area contributed by atoms with E-state index in [0.717, 1.165) is 23.6 Å². The molecule has 1 aromatic rings. The molecule has 2 rings (SSSR count). The van der Waals surface area contributed by atoms with E-state index in [2.05, 4.69) is 23.4 Å². The van der Waals surface area contributed by atoms with E-state index in [4.69, 9.17) is 0 Å². The smallest absolute Gasteiger partial charge is 0.253 e. The monoisotopic (exact) mass is 441 g/mol. The Morgan fingerprint density at radius 1 is 0.812 bits per heavy atom. The van der Waals surface area contributed by atoms with Crippen LogP contribution in [-0.4, -0.2) is 18.2 Å². The molecule has 1 aliphatic rings. The molecule has 1 heterocycles. The van der Waals surface area contributed by atoms with Crippen molar-refractivity contribution >= 4 is 23.0 Å². The number of anilines is 2. The number of nitrogens with zero attached hydrogens (tertiary/aromatic N) is 2. The third kappa shape index (κ3) is 11.2. The topological polar surface area (TPSA) is 44.7 Å². The first kappa shape index (κ1) is 26.4. The maximum atomic E-state index is 12.0. The van der Waals surface area contributed by atoms with Crippen LogP contribution in [0.25, 0.3) is 0 Å². The van der Waals surface area contributed by atoms with Crippen LogP contribution in [0.5, 0.6) is 0 Å². The molecule has 0 radical (unpaired) electrons. The summed E-state index contributed by atoms with van der Waals surface area (Å²) in [5.41, 5.74) is 2.79. The first-order chi connectivity index (χ1) is 15.7. The second-order valence-corrected chi connectivity index (χ2v) is 9.50. The van der Waals surface area contributed by atoms with Crippen LogP contribution in [0.2, 0.25) is 0 Å². The normalized spacial score (nSPS) is 13.6. The Kier molecular flexibility index (Phi) is 13.8. The summed E-state index contributed by atoms with van der Waals surface area (Å²) in [6.45, 7) is 5.17. The molecule has 0 unspecified atom stereocenters. The maximum Gasteiger partial charge on any atom is 0.253 e. The lowest BCUT2D eigenvalue weighted by atomic mass is 10.0. The van der Waals surface area contributed by atoms with Gasteiger partial charge in [-0.05, 0) is 31.5 Å². The van der Waals surface area contributed by atoms with Gasteiger partial charge in [0.1, 0.15) is 0 Å². The Bertz CT molecular complexity index is 670. The van der Waals surface area contributed by atoms with Crippen LogP contribution >= 0.6 is 0 Å². The number of amides is 1. The zero-order valence-corrected chi connectivity index (χ0v) is 20.8. The zero-order valence-electron chi connectivity index (χ0n) is 20.8. The fraction of sp³-hybridized carbons (Fsp3) is 0.714. The van der Waals surface area contributed by atoms with Crippen LogP contribution in [0.3, 0.4) is 0 Å². The summed E-state index contributed by atoms with van der Waals surface area (Å²) in [4.78, 5) is 12.0. The summed E-state index contributed by atoms with van der Waals surface area (Å²) >= 11 is 0. The second kappa shape index (κ2) is 16.7. The van der Waals surface area contributed by atoms with Gasteiger partial charge in [-0.1, -0.05) is 109 Å². The Morgan fingerprint density at radius 2 is 1.34 bits per heavy atom. The van der Waals surface area contributed by atoms with Crippen LogP contribution in [-0.2, 0) is 4.79 Å². The second-order valence-electron chi connectivity index (χ2n) is 9.50.